The number of hydrogen-bond donors (Lipinski definition) is 6. The molecule has 12 heteroatoms. The van der Waals surface area contributed by atoms with Crippen LogP contribution >= 0.6 is 0 Å². The van der Waals surface area contributed by atoms with Crippen molar-refractivity contribution in [2.45, 2.75) is 82.0 Å². The maximum atomic E-state index is 13.2. The Hall–Kier alpha value is -2.73. The van der Waals surface area contributed by atoms with Crippen LogP contribution in [-0.4, -0.2) is 83.4 Å². The molecule has 0 aromatic rings. The van der Waals surface area contributed by atoms with Crippen molar-refractivity contribution in [3.05, 3.63) is 0 Å². The third-order valence-corrected chi connectivity index (χ3v) is 6.07. The van der Waals surface area contributed by atoms with E-state index in [0.717, 1.165) is 6.42 Å². The van der Waals surface area contributed by atoms with Gasteiger partial charge in [-0.2, -0.15) is 0 Å². The van der Waals surface area contributed by atoms with Gasteiger partial charge in [0.25, 0.3) is 0 Å². The van der Waals surface area contributed by atoms with Crippen molar-refractivity contribution in [3.8, 4) is 0 Å². The molecular formula is C21H36N6O6. The first-order valence-corrected chi connectivity index (χ1v) is 11.6. The summed E-state index contributed by atoms with van der Waals surface area (Å²) in [6, 6.07) is -3.35. The van der Waals surface area contributed by atoms with Gasteiger partial charge < -0.3 is 37.4 Å². The first kappa shape index (κ1) is 26.5. The number of carbonyl (C=O) groups excluding carboxylic acids is 4. The highest BCUT2D eigenvalue weighted by Crippen LogP contribution is 2.20. The Balaban J connectivity index is 2.12. The van der Waals surface area contributed by atoms with Gasteiger partial charge in [-0.05, 0) is 64.5 Å². The number of nitrogens with two attached hydrogens (primary N) is 2. The molecule has 0 saturated carbocycles. The van der Waals surface area contributed by atoms with Crippen molar-refractivity contribution in [1.82, 2.24) is 20.9 Å². The Morgan fingerprint density at radius 2 is 1.79 bits per heavy atom. The maximum absolute atomic E-state index is 13.2. The van der Waals surface area contributed by atoms with Crippen LogP contribution in [0.2, 0.25) is 0 Å². The fourth-order valence-electron chi connectivity index (χ4n) is 4.25. The number of primary amides is 1. The van der Waals surface area contributed by atoms with Gasteiger partial charge in [0.05, 0.1) is 6.04 Å². The van der Waals surface area contributed by atoms with Crippen LogP contribution in [0.3, 0.4) is 0 Å². The minimum absolute atomic E-state index is 0.00912. The van der Waals surface area contributed by atoms with Gasteiger partial charge in [0.1, 0.15) is 18.1 Å². The van der Waals surface area contributed by atoms with E-state index in [-0.39, 0.29) is 25.2 Å². The summed E-state index contributed by atoms with van der Waals surface area (Å²) in [5.41, 5.74) is 10.8. The Kier molecular flexibility index (Phi) is 10.5. The lowest BCUT2D eigenvalue weighted by Crippen LogP contribution is -2.57. The Morgan fingerprint density at radius 3 is 2.39 bits per heavy atom. The van der Waals surface area contributed by atoms with Gasteiger partial charge in [-0.1, -0.05) is 0 Å². The van der Waals surface area contributed by atoms with E-state index in [1.165, 1.54) is 4.90 Å². The Bertz CT molecular complexity index is 726. The lowest BCUT2D eigenvalue weighted by atomic mass is 10.0. The van der Waals surface area contributed by atoms with E-state index in [9.17, 15) is 29.1 Å². The van der Waals surface area contributed by atoms with Gasteiger partial charge in [0, 0.05) is 13.0 Å². The number of carboxylic acids is 1. The molecule has 33 heavy (non-hydrogen) atoms. The summed E-state index contributed by atoms with van der Waals surface area (Å²) < 4.78 is 0. The number of carbonyl (C=O) groups is 5. The maximum Gasteiger partial charge on any atom is 0.326 e. The molecule has 0 aromatic carbocycles. The lowest BCUT2D eigenvalue weighted by molar-refractivity contribution is -0.149. The fourth-order valence-corrected chi connectivity index (χ4v) is 4.25. The summed E-state index contributed by atoms with van der Waals surface area (Å²) in [5.74, 6) is -3.13. The molecule has 0 aromatic heterocycles. The highest BCUT2D eigenvalue weighted by molar-refractivity contribution is 5.94. The summed E-state index contributed by atoms with van der Waals surface area (Å²) in [6.45, 7) is 1.42. The summed E-state index contributed by atoms with van der Waals surface area (Å²) >= 11 is 0. The standard InChI is InChI=1S/C21H36N6O6/c22-10-2-1-5-15(20(31)27-12-4-7-16(27)21(32)33)26-19(30)14(8-9-17(23)28)25-18(29)13-6-3-11-24-13/h13-16,24H,1-12,22H2,(H2,23,28)(H,25,29)(H,26,30)(H,32,33). The van der Waals surface area contributed by atoms with Gasteiger partial charge in [0.15, 0.2) is 0 Å². The number of unbranched alkanes of at least 4 members (excludes halogenated alkanes) is 1. The van der Waals surface area contributed by atoms with Gasteiger partial charge in [-0.3, -0.25) is 19.2 Å². The first-order valence-electron chi connectivity index (χ1n) is 11.6. The molecule has 12 nitrogen and oxygen atoms in total. The quantitative estimate of drug-likeness (QED) is 0.170. The number of rotatable bonds is 13. The zero-order valence-corrected chi connectivity index (χ0v) is 18.9. The molecule has 4 amide bonds. The number of hydrogen-bond acceptors (Lipinski definition) is 7. The monoisotopic (exact) mass is 468 g/mol. The molecule has 8 N–H and O–H groups in total. The Morgan fingerprint density at radius 1 is 1.03 bits per heavy atom. The topological polar surface area (TPSA) is 197 Å². The third-order valence-electron chi connectivity index (χ3n) is 6.07. The smallest absolute Gasteiger partial charge is 0.326 e. The van der Waals surface area contributed by atoms with E-state index in [0.29, 0.717) is 51.7 Å². The molecule has 4 unspecified atom stereocenters. The van der Waals surface area contributed by atoms with Crippen LogP contribution in [0.4, 0.5) is 0 Å². The average Bonchev–Trinajstić information content (AvgIpc) is 3.47. The number of carboxylic acid groups (broad SMARTS) is 1. The molecular weight excluding hydrogens is 432 g/mol. The van der Waals surface area contributed by atoms with Gasteiger partial charge in [0.2, 0.25) is 23.6 Å². The van der Waals surface area contributed by atoms with Crippen LogP contribution in [0.1, 0.15) is 57.8 Å². The Labute approximate surface area is 193 Å². The summed E-state index contributed by atoms with van der Waals surface area (Å²) in [6.07, 6.45) is 3.76. The predicted octanol–water partition coefficient (Wildman–Crippen LogP) is -1.82. The van der Waals surface area contributed by atoms with E-state index in [4.69, 9.17) is 11.5 Å². The minimum Gasteiger partial charge on any atom is -0.480 e. The minimum atomic E-state index is -1.08. The van der Waals surface area contributed by atoms with Crippen molar-refractivity contribution in [1.29, 1.82) is 0 Å². The van der Waals surface area contributed by atoms with Gasteiger partial charge in [-0.25, -0.2) is 4.79 Å². The van der Waals surface area contributed by atoms with Crippen molar-refractivity contribution >= 4 is 29.6 Å². The second-order valence-corrected chi connectivity index (χ2v) is 8.59. The molecule has 186 valence electrons. The molecule has 2 aliphatic rings. The number of amides is 4. The highest BCUT2D eigenvalue weighted by atomic mass is 16.4. The average molecular weight is 469 g/mol. The van der Waals surface area contributed by atoms with Gasteiger partial charge in [-0.15, -0.1) is 0 Å². The van der Waals surface area contributed by atoms with Crippen molar-refractivity contribution in [2.75, 3.05) is 19.6 Å². The summed E-state index contributed by atoms with van der Waals surface area (Å²) in [7, 11) is 0. The van der Waals surface area contributed by atoms with Crippen LogP contribution in [0.25, 0.3) is 0 Å². The highest BCUT2D eigenvalue weighted by Gasteiger charge is 2.38. The molecule has 2 aliphatic heterocycles. The van der Waals surface area contributed by atoms with E-state index < -0.39 is 47.9 Å². The molecule has 0 aliphatic carbocycles. The molecule has 0 spiro atoms. The number of nitrogens with one attached hydrogen (secondary N) is 3. The van der Waals surface area contributed by atoms with Crippen LogP contribution < -0.4 is 27.4 Å². The first-order chi connectivity index (χ1) is 15.7. The second-order valence-electron chi connectivity index (χ2n) is 8.59. The molecule has 2 heterocycles. The van der Waals surface area contributed by atoms with Crippen LogP contribution in [-0.2, 0) is 24.0 Å². The summed E-state index contributed by atoms with van der Waals surface area (Å²) in [5, 5.41) is 17.8. The molecule has 0 radical (unpaired) electrons. The van der Waals surface area contributed by atoms with Crippen LogP contribution in [0, 0.1) is 0 Å². The molecule has 0 bridgehead atoms. The van der Waals surface area contributed by atoms with Crippen molar-refractivity contribution < 1.29 is 29.1 Å². The van der Waals surface area contributed by atoms with E-state index in [1.807, 2.05) is 0 Å². The lowest BCUT2D eigenvalue weighted by Gasteiger charge is -2.29. The van der Waals surface area contributed by atoms with E-state index >= 15 is 0 Å². The van der Waals surface area contributed by atoms with Crippen molar-refractivity contribution in [3.63, 3.8) is 0 Å². The van der Waals surface area contributed by atoms with Crippen molar-refractivity contribution in [2.24, 2.45) is 11.5 Å². The largest absolute Gasteiger partial charge is 0.480 e. The van der Waals surface area contributed by atoms with E-state index in [1.54, 1.807) is 0 Å². The molecule has 4 atom stereocenters. The SMILES string of the molecule is NCCCCC(NC(=O)C(CCC(N)=O)NC(=O)C1CCCN1)C(=O)N1CCCC1C(=O)O. The third kappa shape index (κ3) is 7.97. The zero-order chi connectivity index (χ0) is 24.4. The molecule has 2 saturated heterocycles. The number of nitrogens with zero attached hydrogens (tertiary/aromatic N) is 1. The molecule has 2 rings (SSSR count). The predicted molar refractivity (Wildman–Crippen MR) is 119 cm³/mol. The zero-order valence-electron chi connectivity index (χ0n) is 18.9. The second kappa shape index (κ2) is 13.1. The van der Waals surface area contributed by atoms with E-state index in [2.05, 4.69) is 16.0 Å². The fraction of sp³-hybridized carbons (Fsp3) is 0.762. The normalized spacial score (nSPS) is 21.9. The number of aliphatic carboxylic acids is 1. The van der Waals surface area contributed by atoms with Crippen LogP contribution in [0.5, 0.6) is 0 Å². The summed E-state index contributed by atoms with van der Waals surface area (Å²) in [4.78, 5) is 62.9. The van der Waals surface area contributed by atoms with Gasteiger partial charge >= 0.3 is 5.97 Å². The van der Waals surface area contributed by atoms with Crippen LogP contribution in [0.15, 0.2) is 0 Å². The molecule has 2 fully saturated rings. The number of likely N-dealkylation sites (tertiary alicyclic amines) is 1.